The third kappa shape index (κ3) is 5.23. The lowest BCUT2D eigenvalue weighted by Crippen LogP contribution is -3.09. The van der Waals surface area contributed by atoms with Gasteiger partial charge in [0.2, 0.25) is 4.77 Å². The number of hydrogen-bond donors (Lipinski definition) is 2. The molecule has 1 amide bonds. The maximum atomic E-state index is 12.1. The van der Waals surface area contributed by atoms with E-state index in [1.54, 1.807) is 0 Å². The highest BCUT2D eigenvalue weighted by molar-refractivity contribution is 7.71. The summed E-state index contributed by atoms with van der Waals surface area (Å²) in [6.07, 6.45) is 0.927. The first kappa shape index (κ1) is 21.9. The zero-order valence-electron chi connectivity index (χ0n) is 18.1. The number of benzene rings is 2. The van der Waals surface area contributed by atoms with Gasteiger partial charge in [0.05, 0.1) is 7.05 Å². The summed E-state index contributed by atoms with van der Waals surface area (Å²) >= 11 is 5.80. The van der Waals surface area contributed by atoms with Gasteiger partial charge in [0.15, 0.2) is 19.0 Å². The first-order chi connectivity index (χ1) is 14.4. The van der Waals surface area contributed by atoms with Crippen LogP contribution in [0.3, 0.4) is 0 Å². The van der Waals surface area contributed by atoms with Gasteiger partial charge in [-0.15, -0.1) is 5.10 Å². The van der Waals surface area contributed by atoms with E-state index in [0.717, 1.165) is 28.4 Å². The summed E-state index contributed by atoms with van der Waals surface area (Å²) < 4.78 is 4.43. The second kappa shape index (κ2) is 9.82. The van der Waals surface area contributed by atoms with E-state index in [9.17, 15) is 4.79 Å². The lowest BCUT2D eigenvalue weighted by molar-refractivity contribution is -0.895. The number of carbonyl (C=O) groups is 1. The van der Waals surface area contributed by atoms with E-state index in [1.165, 1.54) is 11.1 Å². The zero-order chi connectivity index (χ0) is 21.7. The lowest BCUT2D eigenvalue weighted by atomic mass is 10.1. The van der Waals surface area contributed by atoms with Gasteiger partial charge in [-0.3, -0.25) is 9.36 Å². The molecule has 6 nitrogen and oxygen atoms in total. The minimum absolute atomic E-state index is 0.0394. The van der Waals surface area contributed by atoms with Crippen LogP contribution in [0.5, 0.6) is 0 Å². The molecule has 2 N–H and O–H groups in total. The molecule has 0 spiro atoms. The van der Waals surface area contributed by atoms with Crippen LogP contribution in [0.4, 0.5) is 0 Å². The number of nitrogens with one attached hydrogen (secondary N) is 2. The van der Waals surface area contributed by atoms with Gasteiger partial charge in [-0.2, -0.15) is 4.68 Å². The number of carbonyl (C=O) groups excluding carboxylic acids is 1. The molecule has 3 rings (SSSR count). The number of amides is 1. The Morgan fingerprint density at radius 3 is 2.27 bits per heavy atom. The molecule has 1 aromatic heterocycles. The first-order valence-corrected chi connectivity index (χ1v) is 10.7. The lowest BCUT2D eigenvalue weighted by Gasteiger charge is -2.13. The fraction of sp³-hybridized carbons (Fsp3) is 0.348. The Labute approximate surface area is 183 Å². The molecule has 1 heterocycles. The number of aryl methyl sites for hydroxylation is 2. The number of aromatic nitrogens is 3. The Bertz CT molecular complexity index is 1050. The fourth-order valence-electron chi connectivity index (χ4n) is 3.24. The van der Waals surface area contributed by atoms with Crippen LogP contribution >= 0.6 is 12.2 Å². The number of likely N-dealkylation sites (N-methyl/N-ethyl adjacent to an activating group) is 1. The summed E-state index contributed by atoms with van der Waals surface area (Å²) in [7, 11) is 1.98. The molecule has 0 aliphatic heterocycles. The third-order valence-corrected chi connectivity index (χ3v) is 5.29. The smallest absolute Gasteiger partial charge is 0.275 e. The van der Waals surface area contributed by atoms with Gasteiger partial charge in [-0.1, -0.05) is 54.4 Å². The van der Waals surface area contributed by atoms with Crippen molar-refractivity contribution in [1.29, 1.82) is 0 Å². The normalized spacial score (nSPS) is 12.0. The van der Waals surface area contributed by atoms with E-state index in [1.807, 2.05) is 23.2 Å². The van der Waals surface area contributed by atoms with Crippen molar-refractivity contribution >= 4 is 18.1 Å². The van der Waals surface area contributed by atoms with E-state index in [-0.39, 0.29) is 5.91 Å². The monoisotopic (exact) mass is 424 g/mol. The van der Waals surface area contributed by atoms with Crippen molar-refractivity contribution in [2.24, 2.45) is 0 Å². The van der Waals surface area contributed by atoms with Gasteiger partial charge in [-0.05, 0) is 44.6 Å². The molecule has 1 unspecified atom stereocenters. The van der Waals surface area contributed by atoms with Gasteiger partial charge < -0.3 is 10.2 Å². The van der Waals surface area contributed by atoms with Crippen molar-refractivity contribution in [2.45, 2.75) is 33.9 Å². The highest BCUT2D eigenvalue weighted by Crippen LogP contribution is 2.23. The summed E-state index contributed by atoms with van der Waals surface area (Å²) in [5.74, 6) is 0.838. The summed E-state index contributed by atoms with van der Waals surface area (Å²) in [6.45, 7) is 7.76. The number of rotatable bonds is 8. The Hall–Kier alpha value is -2.77. The predicted molar refractivity (Wildman–Crippen MR) is 122 cm³/mol. The van der Waals surface area contributed by atoms with E-state index in [2.05, 4.69) is 67.7 Å². The predicted octanol–water partition coefficient (Wildman–Crippen LogP) is 2.69. The van der Waals surface area contributed by atoms with Gasteiger partial charge in [0, 0.05) is 17.8 Å². The minimum atomic E-state index is 0.0394. The molecule has 30 heavy (non-hydrogen) atoms. The molecule has 3 aromatic rings. The average Bonchev–Trinajstić information content (AvgIpc) is 3.03. The molecular weight excluding hydrogens is 394 g/mol. The van der Waals surface area contributed by atoms with E-state index >= 15 is 0 Å². The van der Waals surface area contributed by atoms with Crippen molar-refractivity contribution < 1.29 is 9.69 Å². The van der Waals surface area contributed by atoms with Crippen LogP contribution in [-0.4, -0.2) is 40.4 Å². The first-order valence-electron chi connectivity index (χ1n) is 10.3. The third-order valence-electron chi connectivity index (χ3n) is 4.90. The maximum absolute atomic E-state index is 12.1. The molecule has 0 radical (unpaired) electrons. The number of hydrogen-bond acceptors (Lipinski definition) is 3. The van der Waals surface area contributed by atoms with Crippen LogP contribution in [-0.2, 0) is 11.5 Å². The standard InChI is InChI=1S/C23H29N5OS/c1-5-14-24-21(29)15-26(4)16-27-23(30)28(20-12-8-18(3)9-13-20)22(25-27)19-10-6-17(2)7-11-19/h6-13H,5,14-16H2,1-4H3,(H,24,29)/p+1. The molecule has 7 heteroatoms. The molecule has 0 bridgehead atoms. The van der Waals surface area contributed by atoms with Crippen LogP contribution in [0.1, 0.15) is 24.5 Å². The van der Waals surface area contributed by atoms with Gasteiger partial charge >= 0.3 is 0 Å². The molecular formula is C23H30N5OS+. The van der Waals surface area contributed by atoms with Gasteiger partial charge in [0.25, 0.3) is 5.91 Å². The van der Waals surface area contributed by atoms with Crippen LogP contribution in [0.25, 0.3) is 17.1 Å². The van der Waals surface area contributed by atoms with Crippen LogP contribution in [0.15, 0.2) is 48.5 Å². The molecule has 0 aliphatic rings. The molecule has 158 valence electrons. The molecule has 0 aliphatic carbocycles. The average molecular weight is 425 g/mol. The summed E-state index contributed by atoms with van der Waals surface area (Å²) in [4.78, 5) is 13.1. The fourth-order valence-corrected chi connectivity index (χ4v) is 3.54. The summed E-state index contributed by atoms with van der Waals surface area (Å²) in [5.41, 5.74) is 4.37. The van der Waals surface area contributed by atoms with E-state index in [0.29, 0.717) is 24.5 Å². The highest BCUT2D eigenvalue weighted by atomic mass is 32.1. The Kier molecular flexibility index (Phi) is 7.18. The topological polar surface area (TPSA) is 56.3 Å². The molecule has 0 saturated carbocycles. The zero-order valence-corrected chi connectivity index (χ0v) is 18.9. The number of quaternary nitrogens is 1. The van der Waals surface area contributed by atoms with Crippen LogP contribution in [0, 0.1) is 18.6 Å². The number of nitrogens with zero attached hydrogens (tertiary/aromatic N) is 3. The van der Waals surface area contributed by atoms with Crippen molar-refractivity contribution in [1.82, 2.24) is 19.7 Å². The molecule has 1 atom stereocenters. The van der Waals surface area contributed by atoms with Gasteiger partial charge in [-0.25, -0.2) is 0 Å². The van der Waals surface area contributed by atoms with Crippen molar-refractivity contribution in [3.8, 4) is 17.1 Å². The van der Waals surface area contributed by atoms with E-state index < -0.39 is 0 Å². The Morgan fingerprint density at radius 1 is 1.07 bits per heavy atom. The van der Waals surface area contributed by atoms with Crippen molar-refractivity contribution in [3.63, 3.8) is 0 Å². The molecule has 2 aromatic carbocycles. The SMILES string of the molecule is CCCNC(=O)C[NH+](C)Cn1nc(-c2ccc(C)cc2)n(-c2ccc(C)cc2)c1=S. The van der Waals surface area contributed by atoms with Gasteiger partial charge in [0.1, 0.15) is 0 Å². The highest BCUT2D eigenvalue weighted by Gasteiger charge is 2.17. The van der Waals surface area contributed by atoms with Crippen LogP contribution < -0.4 is 10.2 Å². The summed E-state index contributed by atoms with van der Waals surface area (Å²) in [6, 6.07) is 16.5. The largest absolute Gasteiger partial charge is 0.351 e. The second-order valence-electron chi connectivity index (χ2n) is 7.78. The Balaban J connectivity index is 1.96. The van der Waals surface area contributed by atoms with Crippen LogP contribution in [0.2, 0.25) is 0 Å². The molecule has 0 saturated heterocycles. The summed E-state index contributed by atoms with van der Waals surface area (Å²) in [5, 5.41) is 7.76. The van der Waals surface area contributed by atoms with Crippen molar-refractivity contribution in [3.05, 3.63) is 64.4 Å². The minimum Gasteiger partial charge on any atom is -0.351 e. The van der Waals surface area contributed by atoms with E-state index in [4.69, 9.17) is 17.3 Å². The quantitative estimate of drug-likeness (QED) is 0.547. The second-order valence-corrected chi connectivity index (χ2v) is 8.15. The Morgan fingerprint density at radius 2 is 1.67 bits per heavy atom. The molecule has 0 fully saturated rings. The van der Waals surface area contributed by atoms with Crippen molar-refractivity contribution in [2.75, 3.05) is 20.1 Å². The maximum Gasteiger partial charge on any atom is 0.275 e.